The molecule has 0 radical (unpaired) electrons. The van der Waals surface area contributed by atoms with Crippen molar-refractivity contribution in [2.45, 2.75) is 19.6 Å². The van der Waals surface area contributed by atoms with Crippen molar-refractivity contribution in [2.75, 3.05) is 19.0 Å². The number of halogens is 3. The molecule has 0 amide bonds. The van der Waals surface area contributed by atoms with Crippen LogP contribution < -0.4 is 4.90 Å². The van der Waals surface area contributed by atoms with Gasteiger partial charge < -0.3 is 9.42 Å². The van der Waals surface area contributed by atoms with Crippen LogP contribution in [0.25, 0.3) is 11.4 Å². The maximum atomic E-state index is 12.5. The Morgan fingerprint density at radius 3 is 2.32 bits per heavy atom. The molecule has 0 saturated carbocycles. The summed E-state index contributed by atoms with van der Waals surface area (Å²) in [4.78, 5) is 9.51. The lowest BCUT2D eigenvalue weighted by molar-refractivity contribution is -0.159. The average molecular weight is 352 g/mol. The van der Waals surface area contributed by atoms with E-state index >= 15 is 0 Å². The summed E-state index contributed by atoms with van der Waals surface area (Å²) in [5.41, 5.74) is 1.36. The molecule has 0 aliphatic carbocycles. The Bertz CT molecular complexity index is 866. The summed E-state index contributed by atoms with van der Waals surface area (Å²) in [5, 5.41) is 7.75. The van der Waals surface area contributed by atoms with Crippen molar-refractivity contribution < 1.29 is 17.7 Å². The van der Waals surface area contributed by atoms with Crippen LogP contribution in [0, 0.1) is 6.92 Å². The molecule has 0 fully saturated rings. The molecule has 0 N–H and O–H groups in total. The first-order chi connectivity index (χ1) is 11.7. The Balaban J connectivity index is 1.77. The quantitative estimate of drug-likeness (QED) is 0.719. The number of hydrogen-bond donors (Lipinski definition) is 0. The first kappa shape index (κ1) is 16.9. The van der Waals surface area contributed by atoms with E-state index in [1.54, 1.807) is 33.8 Å². The van der Waals surface area contributed by atoms with E-state index < -0.39 is 12.1 Å². The number of aromatic nitrogens is 5. The fourth-order valence-electron chi connectivity index (χ4n) is 2.13. The number of nitrogens with zero attached hydrogens (tertiary/aromatic N) is 6. The second-order valence-corrected chi connectivity index (χ2v) is 5.63. The van der Waals surface area contributed by atoms with E-state index in [0.29, 0.717) is 18.1 Å². The molecule has 132 valence electrons. The SMILES string of the molecule is Cc1nc(N(C)C)nn1Cc1ccc(-c2noc(C(F)(F)F)n2)cc1. The molecule has 0 atom stereocenters. The fourth-order valence-corrected chi connectivity index (χ4v) is 2.13. The Labute approximate surface area is 141 Å². The van der Waals surface area contributed by atoms with Crippen molar-refractivity contribution in [3.05, 3.63) is 41.5 Å². The van der Waals surface area contributed by atoms with Gasteiger partial charge in [0.1, 0.15) is 5.82 Å². The van der Waals surface area contributed by atoms with Gasteiger partial charge in [-0.1, -0.05) is 29.4 Å². The van der Waals surface area contributed by atoms with Crippen LogP contribution in [0.5, 0.6) is 0 Å². The standard InChI is InChI=1S/C15H15F3N6O/c1-9-19-14(23(2)3)21-24(9)8-10-4-6-11(7-5-10)12-20-13(25-22-12)15(16,17)18/h4-7H,8H2,1-3H3. The van der Waals surface area contributed by atoms with E-state index in [-0.39, 0.29) is 5.82 Å². The number of rotatable bonds is 4. The molecule has 2 aromatic heterocycles. The van der Waals surface area contributed by atoms with Gasteiger partial charge in [0.15, 0.2) is 0 Å². The van der Waals surface area contributed by atoms with Gasteiger partial charge in [-0.2, -0.15) is 23.1 Å². The summed E-state index contributed by atoms with van der Waals surface area (Å²) < 4.78 is 43.5. The maximum absolute atomic E-state index is 12.5. The van der Waals surface area contributed by atoms with Crippen LogP contribution in [0.3, 0.4) is 0 Å². The molecule has 0 bridgehead atoms. The number of alkyl halides is 3. The summed E-state index contributed by atoms with van der Waals surface area (Å²) >= 11 is 0. The third-order valence-electron chi connectivity index (χ3n) is 3.46. The molecule has 25 heavy (non-hydrogen) atoms. The second kappa shape index (κ2) is 6.19. The summed E-state index contributed by atoms with van der Waals surface area (Å²) in [6.45, 7) is 2.35. The maximum Gasteiger partial charge on any atom is 0.471 e. The molecule has 10 heteroatoms. The highest BCUT2D eigenvalue weighted by Crippen LogP contribution is 2.29. The van der Waals surface area contributed by atoms with Gasteiger partial charge in [-0.05, 0) is 12.5 Å². The first-order valence-electron chi connectivity index (χ1n) is 7.33. The minimum Gasteiger partial charge on any atom is -0.346 e. The van der Waals surface area contributed by atoms with Crippen molar-refractivity contribution in [1.82, 2.24) is 24.9 Å². The van der Waals surface area contributed by atoms with Crippen LogP contribution in [0.2, 0.25) is 0 Å². The lowest BCUT2D eigenvalue weighted by atomic mass is 10.1. The summed E-state index contributed by atoms with van der Waals surface area (Å²) in [7, 11) is 3.71. The number of benzene rings is 1. The molecule has 0 saturated heterocycles. The average Bonchev–Trinajstić information content (AvgIpc) is 3.16. The number of hydrogen-bond acceptors (Lipinski definition) is 6. The number of anilines is 1. The van der Waals surface area contributed by atoms with Crippen molar-refractivity contribution in [3.63, 3.8) is 0 Å². The van der Waals surface area contributed by atoms with Crippen LogP contribution in [0.15, 0.2) is 28.8 Å². The van der Waals surface area contributed by atoms with Crippen molar-refractivity contribution >= 4 is 5.95 Å². The highest BCUT2D eigenvalue weighted by atomic mass is 19.4. The second-order valence-electron chi connectivity index (χ2n) is 5.63. The highest BCUT2D eigenvalue weighted by molar-refractivity contribution is 5.54. The van der Waals surface area contributed by atoms with Gasteiger partial charge in [-0.25, -0.2) is 4.68 Å². The van der Waals surface area contributed by atoms with Crippen LogP contribution in [-0.4, -0.2) is 39.0 Å². The van der Waals surface area contributed by atoms with Gasteiger partial charge in [0.05, 0.1) is 6.54 Å². The topological polar surface area (TPSA) is 72.9 Å². The predicted octanol–water partition coefficient (Wildman–Crippen LogP) is 2.77. The highest BCUT2D eigenvalue weighted by Gasteiger charge is 2.38. The molecular weight excluding hydrogens is 337 g/mol. The molecule has 0 unspecified atom stereocenters. The summed E-state index contributed by atoms with van der Waals surface area (Å²) in [6, 6.07) is 6.82. The van der Waals surface area contributed by atoms with Crippen molar-refractivity contribution in [3.8, 4) is 11.4 Å². The largest absolute Gasteiger partial charge is 0.471 e. The lowest BCUT2D eigenvalue weighted by Gasteiger charge is -2.05. The monoisotopic (exact) mass is 352 g/mol. The van der Waals surface area contributed by atoms with Crippen molar-refractivity contribution in [1.29, 1.82) is 0 Å². The van der Waals surface area contributed by atoms with Gasteiger partial charge in [-0.3, -0.25) is 0 Å². The zero-order valence-corrected chi connectivity index (χ0v) is 13.7. The predicted molar refractivity (Wildman–Crippen MR) is 82.9 cm³/mol. The molecule has 7 nitrogen and oxygen atoms in total. The molecule has 0 aliphatic rings. The smallest absolute Gasteiger partial charge is 0.346 e. The molecule has 2 heterocycles. The molecule has 0 aliphatic heterocycles. The molecule has 3 aromatic rings. The van der Waals surface area contributed by atoms with Gasteiger partial charge >= 0.3 is 12.1 Å². The van der Waals surface area contributed by atoms with E-state index in [9.17, 15) is 13.2 Å². The van der Waals surface area contributed by atoms with Gasteiger partial charge in [0.2, 0.25) is 11.8 Å². The number of aryl methyl sites for hydroxylation is 1. The first-order valence-corrected chi connectivity index (χ1v) is 7.33. The summed E-state index contributed by atoms with van der Waals surface area (Å²) in [6.07, 6.45) is -4.65. The van der Waals surface area contributed by atoms with E-state index in [1.165, 1.54) is 0 Å². The van der Waals surface area contributed by atoms with E-state index in [4.69, 9.17) is 0 Å². The van der Waals surface area contributed by atoms with Gasteiger partial charge in [-0.15, -0.1) is 5.10 Å². The minimum atomic E-state index is -4.65. The Morgan fingerprint density at radius 2 is 1.80 bits per heavy atom. The van der Waals surface area contributed by atoms with Gasteiger partial charge in [0.25, 0.3) is 0 Å². The summed E-state index contributed by atoms with van der Waals surface area (Å²) in [5.74, 6) is -0.0897. The normalized spacial score (nSPS) is 11.8. The minimum absolute atomic E-state index is 0.106. The van der Waals surface area contributed by atoms with Crippen LogP contribution in [-0.2, 0) is 12.7 Å². The third kappa shape index (κ3) is 3.62. The zero-order valence-electron chi connectivity index (χ0n) is 13.7. The van der Waals surface area contributed by atoms with E-state index in [1.807, 2.05) is 21.0 Å². The fraction of sp³-hybridized carbons (Fsp3) is 0.333. The Morgan fingerprint density at radius 1 is 1.12 bits per heavy atom. The Kier molecular flexibility index (Phi) is 4.19. The molecule has 0 spiro atoms. The van der Waals surface area contributed by atoms with Crippen LogP contribution >= 0.6 is 0 Å². The lowest BCUT2D eigenvalue weighted by Crippen LogP contribution is -2.11. The Hall–Kier alpha value is -2.91. The third-order valence-corrected chi connectivity index (χ3v) is 3.46. The molecular formula is C15H15F3N6O. The zero-order chi connectivity index (χ0) is 18.2. The van der Waals surface area contributed by atoms with Crippen LogP contribution in [0.1, 0.15) is 17.3 Å². The van der Waals surface area contributed by atoms with Gasteiger partial charge in [0, 0.05) is 19.7 Å². The van der Waals surface area contributed by atoms with Crippen molar-refractivity contribution in [2.24, 2.45) is 0 Å². The van der Waals surface area contributed by atoms with E-state index in [2.05, 4.69) is 24.7 Å². The van der Waals surface area contributed by atoms with E-state index in [0.717, 1.165) is 11.4 Å². The molecule has 3 rings (SSSR count). The van der Waals surface area contributed by atoms with Crippen LogP contribution in [0.4, 0.5) is 19.1 Å². The molecule has 1 aromatic carbocycles.